The molecule has 1 unspecified atom stereocenters. The van der Waals surface area contributed by atoms with Crippen molar-refractivity contribution < 1.29 is 9.59 Å². The fourth-order valence-electron chi connectivity index (χ4n) is 2.23. The van der Waals surface area contributed by atoms with Crippen LogP contribution < -0.4 is 0 Å². The minimum Gasteiger partial charge on any atom is -0.336 e. The van der Waals surface area contributed by atoms with E-state index in [-0.39, 0.29) is 29.9 Å². The van der Waals surface area contributed by atoms with Crippen molar-refractivity contribution in [2.75, 3.05) is 26.7 Å². The molecule has 0 bridgehead atoms. The molecule has 1 fully saturated rings. The molecule has 0 radical (unpaired) electrons. The number of hydrogen-bond donors (Lipinski definition) is 0. The average Bonchev–Trinajstić information content (AvgIpc) is 2.35. The lowest BCUT2D eigenvalue weighted by Gasteiger charge is -2.42. The van der Waals surface area contributed by atoms with Gasteiger partial charge in [-0.1, -0.05) is 13.8 Å². The zero-order chi connectivity index (χ0) is 14.7. The highest BCUT2D eigenvalue weighted by Crippen LogP contribution is 2.15. The molecule has 1 saturated heterocycles. The first-order valence-corrected chi connectivity index (χ1v) is 7.08. The highest BCUT2D eigenvalue weighted by Gasteiger charge is 2.32. The van der Waals surface area contributed by atoms with Crippen molar-refractivity contribution in [2.45, 2.75) is 46.7 Å². The van der Waals surface area contributed by atoms with Crippen molar-refractivity contribution in [3.8, 4) is 0 Å². The van der Waals surface area contributed by atoms with Crippen molar-refractivity contribution in [1.29, 1.82) is 0 Å². The molecule has 1 heterocycles. The molecule has 1 aliphatic heterocycles. The maximum atomic E-state index is 12.2. The van der Waals surface area contributed by atoms with Crippen molar-refractivity contribution >= 4 is 11.9 Å². The number of urea groups is 1. The van der Waals surface area contributed by atoms with Crippen LogP contribution in [0.4, 0.5) is 4.79 Å². The number of carbonyl (C=O) groups is 2. The highest BCUT2D eigenvalue weighted by molar-refractivity contribution is 5.79. The summed E-state index contributed by atoms with van der Waals surface area (Å²) in [6.07, 6.45) is 0. The third kappa shape index (κ3) is 3.61. The molecule has 0 spiro atoms. The number of carbonyl (C=O) groups excluding carboxylic acids is 2. The van der Waals surface area contributed by atoms with Gasteiger partial charge in [0.2, 0.25) is 5.91 Å². The van der Waals surface area contributed by atoms with Crippen LogP contribution in [0, 0.1) is 5.92 Å². The van der Waals surface area contributed by atoms with E-state index in [9.17, 15) is 9.59 Å². The second-order valence-corrected chi connectivity index (χ2v) is 5.97. The molecule has 110 valence electrons. The second kappa shape index (κ2) is 6.26. The summed E-state index contributed by atoms with van der Waals surface area (Å²) in [5.74, 6) is 0.194. The van der Waals surface area contributed by atoms with E-state index in [0.29, 0.717) is 19.6 Å². The Bertz CT molecular complexity index is 342. The van der Waals surface area contributed by atoms with Gasteiger partial charge in [-0.15, -0.1) is 0 Å². The van der Waals surface area contributed by atoms with Gasteiger partial charge in [0.05, 0.1) is 0 Å². The summed E-state index contributed by atoms with van der Waals surface area (Å²) in [7, 11) is 1.82. The monoisotopic (exact) mass is 269 g/mol. The predicted molar refractivity (Wildman–Crippen MR) is 75.9 cm³/mol. The van der Waals surface area contributed by atoms with Gasteiger partial charge in [0, 0.05) is 44.7 Å². The Balaban J connectivity index is 2.63. The SMILES string of the molecule is CC(C)C(=O)N1CCN(C(=O)N(C)C(C)C)CC1C. The van der Waals surface area contributed by atoms with E-state index in [2.05, 4.69) is 0 Å². The molecule has 1 aliphatic rings. The molecule has 3 amide bonds. The molecule has 19 heavy (non-hydrogen) atoms. The molecule has 0 aromatic rings. The fraction of sp³-hybridized carbons (Fsp3) is 0.857. The standard InChI is InChI=1S/C14H27N3O2/c1-10(2)13(18)17-8-7-16(9-12(17)5)14(19)15(6)11(3)4/h10-12H,7-9H2,1-6H3. The third-order valence-electron chi connectivity index (χ3n) is 3.75. The third-order valence-corrected chi connectivity index (χ3v) is 3.75. The lowest BCUT2D eigenvalue weighted by atomic mass is 10.1. The summed E-state index contributed by atoms with van der Waals surface area (Å²) in [5, 5.41) is 0. The van der Waals surface area contributed by atoms with Gasteiger partial charge in [0.1, 0.15) is 0 Å². The maximum Gasteiger partial charge on any atom is 0.320 e. The number of piperazine rings is 1. The molecule has 5 nitrogen and oxygen atoms in total. The summed E-state index contributed by atoms with van der Waals surface area (Å²) >= 11 is 0. The Labute approximate surface area is 116 Å². The Hall–Kier alpha value is -1.26. The maximum absolute atomic E-state index is 12.2. The Morgan fingerprint density at radius 1 is 1.16 bits per heavy atom. The van der Waals surface area contributed by atoms with Crippen LogP contribution in [0.25, 0.3) is 0 Å². The smallest absolute Gasteiger partial charge is 0.320 e. The van der Waals surface area contributed by atoms with Gasteiger partial charge in [-0.25, -0.2) is 4.79 Å². The zero-order valence-corrected chi connectivity index (χ0v) is 13.0. The van der Waals surface area contributed by atoms with Gasteiger partial charge in [-0.2, -0.15) is 0 Å². The van der Waals surface area contributed by atoms with Crippen LogP contribution in [0.2, 0.25) is 0 Å². The van der Waals surface area contributed by atoms with Crippen LogP contribution in [0.1, 0.15) is 34.6 Å². The van der Waals surface area contributed by atoms with Crippen molar-refractivity contribution in [1.82, 2.24) is 14.7 Å². The largest absolute Gasteiger partial charge is 0.336 e. The molecule has 1 atom stereocenters. The Kier molecular flexibility index (Phi) is 5.20. The average molecular weight is 269 g/mol. The van der Waals surface area contributed by atoms with Gasteiger partial charge < -0.3 is 14.7 Å². The van der Waals surface area contributed by atoms with E-state index < -0.39 is 0 Å². The summed E-state index contributed by atoms with van der Waals surface area (Å²) < 4.78 is 0. The van der Waals surface area contributed by atoms with E-state index in [1.54, 1.807) is 4.90 Å². The first-order valence-electron chi connectivity index (χ1n) is 7.08. The van der Waals surface area contributed by atoms with Gasteiger partial charge in [0.25, 0.3) is 0 Å². The summed E-state index contributed by atoms with van der Waals surface area (Å²) in [4.78, 5) is 29.8. The van der Waals surface area contributed by atoms with Crippen LogP contribution in [-0.4, -0.2) is 65.4 Å². The van der Waals surface area contributed by atoms with Gasteiger partial charge in [-0.05, 0) is 20.8 Å². The van der Waals surface area contributed by atoms with Gasteiger partial charge in [-0.3, -0.25) is 4.79 Å². The number of amides is 3. The van der Waals surface area contributed by atoms with Gasteiger partial charge >= 0.3 is 6.03 Å². The summed E-state index contributed by atoms with van der Waals surface area (Å²) in [6.45, 7) is 11.7. The van der Waals surface area contributed by atoms with E-state index in [0.717, 1.165) is 0 Å². The van der Waals surface area contributed by atoms with E-state index in [4.69, 9.17) is 0 Å². The van der Waals surface area contributed by atoms with Crippen molar-refractivity contribution in [2.24, 2.45) is 5.92 Å². The Morgan fingerprint density at radius 2 is 1.74 bits per heavy atom. The zero-order valence-electron chi connectivity index (χ0n) is 13.0. The van der Waals surface area contributed by atoms with E-state index in [1.165, 1.54) is 0 Å². The second-order valence-electron chi connectivity index (χ2n) is 5.97. The van der Waals surface area contributed by atoms with Crippen molar-refractivity contribution in [3.63, 3.8) is 0 Å². The Morgan fingerprint density at radius 3 is 2.16 bits per heavy atom. The number of rotatable bonds is 2. The van der Waals surface area contributed by atoms with Crippen LogP contribution >= 0.6 is 0 Å². The lowest BCUT2D eigenvalue weighted by molar-refractivity contribution is -0.138. The molecule has 0 saturated carbocycles. The minimum atomic E-state index is 0.0167. The van der Waals surface area contributed by atoms with E-state index >= 15 is 0 Å². The van der Waals surface area contributed by atoms with Crippen LogP contribution in [-0.2, 0) is 4.79 Å². The normalized spacial score (nSPS) is 20.1. The minimum absolute atomic E-state index is 0.0167. The van der Waals surface area contributed by atoms with Gasteiger partial charge in [0.15, 0.2) is 0 Å². The molecule has 0 aromatic carbocycles. The molecule has 1 rings (SSSR count). The van der Waals surface area contributed by atoms with Crippen LogP contribution in [0.5, 0.6) is 0 Å². The molecular formula is C14H27N3O2. The molecular weight excluding hydrogens is 242 g/mol. The summed E-state index contributed by atoms with van der Waals surface area (Å²) in [5.41, 5.74) is 0. The predicted octanol–water partition coefficient (Wildman–Crippen LogP) is 1.64. The van der Waals surface area contributed by atoms with Crippen molar-refractivity contribution in [3.05, 3.63) is 0 Å². The fourth-order valence-corrected chi connectivity index (χ4v) is 2.23. The van der Waals surface area contributed by atoms with Crippen LogP contribution in [0.15, 0.2) is 0 Å². The lowest BCUT2D eigenvalue weighted by Crippen LogP contribution is -2.58. The quantitative estimate of drug-likeness (QED) is 0.765. The molecule has 0 N–H and O–H groups in total. The highest BCUT2D eigenvalue weighted by atomic mass is 16.2. The van der Waals surface area contributed by atoms with Crippen LogP contribution in [0.3, 0.4) is 0 Å². The number of hydrogen-bond acceptors (Lipinski definition) is 2. The molecule has 0 aliphatic carbocycles. The molecule has 5 heteroatoms. The first kappa shape index (κ1) is 15.8. The van der Waals surface area contributed by atoms with E-state index in [1.807, 2.05) is 51.5 Å². The topological polar surface area (TPSA) is 43.9 Å². The summed E-state index contributed by atoms with van der Waals surface area (Å²) in [6, 6.07) is 0.338. The molecule has 0 aromatic heterocycles. The first-order chi connectivity index (χ1) is 8.75. The number of nitrogens with zero attached hydrogens (tertiary/aromatic N) is 3.